The number of carboxylic acid groups (broad SMARTS) is 1. The molecule has 0 atom stereocenters. The smallest absolute Gasteiger partial charge is 0.335 e. The van der Waals surface area contributed by atoms with E-state index in [1.165, 1.54) is 0 Å². The molecule has 1 aromatic heterocycles. The van der Waals surface area contributed by atoms with Crippen LogP contribution >= 0.6 is 0 Å². The molecule has 1 fully saturated rings. The Hall–Kier alpha value is -1.88. The molecule has 21 heavy (non-hydrogen) atoms. The lowest BCUT2D eigenvalue weighted by Gasteiger charge is -2.17. The molecule has 5 nitrogen and oxygen atoms in total. The molecule has 0 aliphatic heterocycles. The number of fused-ring (bicyclic) bond motifs is 1. The largest absolute Gasteiger partial charge is 0.478 e. The fraction of sp³-hybridized carbons (Fsp3) is 0.500. The first kappa shape index (κ1) is 14.1. The molecule has 112 valence electrons. The first-order valence-electron chi connectivity index (χ1n) is 7.30. The molecule has 0 radical (unpaired) electrons. The second kappa shape index (κ2) is 4.84. The Bertz CT molecular complexity index is 699. The minimum absolute atomic E-state index is 0.0112. The summed E-state index contributed by atoms with van der Waals surface area (Å²) < 4.78 is 2.15. The second-order valence-corrected chi connectivity index (χ2v) is 6.38. The summed E-state index contributed by atoms with van der Waals surface area (Å²) in [7, 11) is 0. The van der Waals surface area contributed by atoms with E-state index in [1.54, 1.807) is 12.1 Å². The molecule has 1 saturated carbocycles. The van der Waals surface area contributed by atoms with Crippen LogP contribution < -0.4 is 0 Å². The summed E-state index contributed by atoms with van der Waals surface area (Å²) >= 11 is 0. The first-order valence-corrected chi connectivity index (χ1v) is 7.30. The molecule has 0 spiro atoms. The molecular formula is C16H20N2O3. The van der Waals surface area contributed by atoms with Crippen molar-refractivity contribution in [3.8, 4) is 0 Å². The van der Waals surface area contributed by atoms with Crippen molar-refractivity contribution < 1.29 is 15.0 Å². The van der Waals surface area contributed by atoms with Crippen LogP contribution in [0.25, 0.3) is 11.0 Å². The van der Waals surface area contributed by atoms with Gasteiger partial charge in [0, 0.05) is 17.9 Å². The average molecular weight is 288 g/mol. The quantitative estimate of drug-likeness (QED) is 0.887. The topological polar surface area (TPSA) is 75.3 Å². The van der Waals surface area contributed by atoms with Gasteiger partial charge in [0.15, 0.2) is 0 Å². The molecule has 1 aromatic carbocycles. The standard InChI is InChI=1S/C16H20N2O3/c1-10(2)14-17-12-7-11(15(20)21)3-4-13(12)18(14)8-16(9-19)5-6-16/h3-4,7,10,19H,5-6,8-9H2,1-2H3,(H,20,21). The zero-order chi connectivity index (χ0) is 15.2. The highest BCUT2D eigenvalue weighted by Crippen LogP contribution is 2.47. The van der Waals surface area contributed by atoms with Gasteiger partial charge >= 0.3 is 5.97 Å². The average Bonchev–Trinajstić information content (AvgIpc) is 3.13. The van der Waals surface area contributed by atoms with Gasteiger partial charge in [0.25, 0.3) is 0 Å². The summed E-state index contributed by atoms with van der Waals surface area (Å²) in [4.78, 5) is 15.7. The fourth-order valence-electron chi connectivity index (χ4n) is 2.77. The predicted molar refractivity (Wildman–Crippen MR) is 79.5 cm³/mol. The molecule has 0 bridgehead atoms. The van der Waals surface area contributed by atoms with Gasteiger partial charge in [-0.2, -0.15) is 0 Å². The maximum absolute atomic E-state index is 11.1. The third-order valence-electron chi connectivity index (χ3n) is 4.33. The normalized spacial score (nSPS) is 16.6. The Labute approximate surface area is 123 Å². The highest BCUT2D eigenvalue weighted by molar-refractivity contribution is 5.92. The molecular weight excluding hydrogens is 268 g/mol. The fourth-order valence-corrected chi connectivity index (χ4v) is 2.77. The van der Waals surface area contributed by atoms with Gasteiger partial charge in [-0.1, -0.05) is 13.8 Å². The predicted octanol–water partition coefficient (Wildman–Crippen LogP) is 2.63. The lowest BCUT2D eigenvalue weighted by atomic mass is 10.1. The van der Waals surface area contributed by atoms with Gasteiger partial charge in [0.1, 0.15) is 5.82 Å². The van der Waals surface area contributed by atoms with Crippen LogP contribution in [-0.4, -0.2) is 32.3 Å². The zero-order valence-electron chi connectivity index (χ0n) is 12.3. The van der Waals surface area contributed by atoms with E-state index >= 15 is 0 Å². The molecule has 1 heterocycles. The van der Waals surface area contributed by atoms with E-state index in [0.717, 1.165) is 30.7 Å². The monoisotopic (exact) mass is 288 g/mol. The number of aromatic carboxylic acids is 1. The van der Waals surface area contributed by atoms with E-state index in [9.17, 15) is 9.90 Å². The van der Waals surface area contributed by atoms with Crippen molar-refractivity contribution in [1.29, 1.82) is 0 Å². The minimum atomic E-state index is -0.938. The Kier molecular flexibility index (Phi) is 3.24. The maximum atomic E-state index is 11.1. The number of hydrogen-bond donors (Lipinski definition) is 2. The number of carboxylic acids is 1. The number of carbonyl (C=O) groups is 1. The summed E-state index contributed by atoms with van der Waals surface area (Å²) in [6, 6.07) is 5.06. The van der Waals surface area contributed by atoms with Crippen molar-refractivity contribution in [3.05, 3.63) is 29.6 Å². The van der Waals surface area contributed by atoms with Crippen LogP contribution in [-0.2, 0) is 6.54 Å². The summed E-state index contributed by atoms with van der Waals surface area (Å²) in [5, 5.41) is 18.7. The molecule has 2 N–H and O–H groups in total. The van der Waals surface area contributed by atoms with Crippen LogP contribution in [0, 0.1) is 5.41 Å². The van der Waals surface area contributed by atoms with E-state index < -0.39 is 5.97 Å². The SMILES string of the molecule is CC(C)c1nc2cc(C(=O)O)ccc2n1CC1(CO)CC1. The second-order valence-electron chi connectivity index (χ2n) is 6.38. The highest BCUT2D eigenvalue weighted by atomic mass is 16.4. The molecule has 1 aliphatic carbocycles. The third-order valence-corrected chi connectivity index (χ3v) is 4.33. The summed E-state index contributed by atoms with van der Waals surface area (Å²) in [5.41, 5.74) is 1.91. The number of hydrogen-bond acceptors (Lipinski definition) is 3. The Morgan fingerprint density at radius 1 is 1.43 bits per heavy atom. The number of nitrogens with zero attached hydrogens (tertiary/aromatic N) is 2. The number of imidazole rings is 1. The van der Waals surface area contributed by atoms with Gasteiger partial charge in [-0.15, -0.1) is 0 Å². The molecule has 1 aliphatic rings. The van der Waals surface area contributed by atoms with E-state index in [4.69, 9.17) is 5.11 Å². The van der Waals surface area contributed by atoms with Crippen molar-refractivity contribution in [2.24, 2.45) is 5.41 Å². The first-order chi connectivity index (χ1) is 9.96. The van der Waals surface area contributed by atoms with Crippen LogP contribution in [0.2, 0.25) is 0 Å². The van der Waals surface area contributed by atoms with Crippen molar-refractivity contribution >= 4 is 17.0 Å². The van der Waals surface area contributed by atoms with E-state index in [-0.39, 0.29) is 23.5 Å². The van der Waals surface area contributed by atoms with E-state index in [2.05, 4.69) is 23.4 Å². The molecule has 3 rings (SSSR count). The third kappa shape index (κ3) is 2.42. The van der Waals surface area contributed by atoms with Crippen LogP contribution in [0.5, 0.6) is 0 Å². The van der Waals surface area contributed by atoms with Crippen LogP contribution in [0.4, 0.5) is 0 Å². The van der Waals surface area contributed by atoms with E-state index in [1.807, 2.05) is 6.07 Å². The number of rotatable bonds is 5. The van der Waals surface area contributed by atoms with Gasteiger partial charge in [-0.25, -0.2) is 9.78 Å². The van der Waals surface area contributed by atoms with Crippen LogP contribution in [0.15, 0.2) is 18.2 Å². The molecule has 0 amide bonds. The van der Waals surface area contributed by atoms with Gasteiger partial charge in [0.2, 0.25) is 0 Å². The maximum Gasteiger partial charge on any atom is 0.335 e. The molecule has 0 unspecified atom stereocenters. The molecule has 5 heteroatoms. The van der Waals surface area contributed by atoms with E-state index in [0.29, 0.717) is 5.52 Å². The number of aliphatic hydroxyl groups excluding tert-OH is 1. The summed E-state index contributed by atoms with van der Waals surface area (Å²) in [6.45, 7) is 5.10. The highest BCUT2D eigenvalue weighted by Gasteiger charge is 2.43. The van der Waals surface area contributed by atoms with Crippen molar-refractivity contribution in [1.82, 2.24) is 9.55 Å². The van der Waals surface area contributed by atoms with Crippen molar-refractivity contribution in [2.45, 2.75) is 39.2 Å². The van der Waals surface area contributed by atoms with Gasteiger partial charge < -0.3 is 14.8 Å². The Morgan fingerprint density at radius 2 is 2.14 bits per heavy atom. The number of benzene rings is 1. The van der Waals surface area contributed by atoms with Gasteiger partial charge in [-0.05, 0) is 31.0 Å². The number of aromatic nitrogens is 2. The zero-order valence-corrected chi connectivity index (χ0v) is 12.3. The Balaban J connectivity index is 2.11. The summed E-state index contributed by atoms with van der Waals surface area (Å²) in [5.74, 6) is 0.263. The minimum Gasteiger partial charge on any atom is -0.478 e. The van der Waals surface area contributed by atoms with Crippen molar-refractivity contribution in [2.75, 3.05) is 6.61 Å². The van der Waals surface area contributed by atoms with Crippen molar-refractivity contribution in [3.63, 3.8) is 0 Å². The lowest BCUT2D eigenvalue weighted by Crippen LogP contribution is -2.18. The summed E-state index contributed by atoms with van der Waals surface area (Å²) in [6.07, 6.45) is 2.07. The van der Waals surface area contributed by atoms with Crippen LogP contribution in [0.1, 0.15) is 48.8 Å². The number of aliphatic hydroxyl groups is 1. The molecule has 2 aromatic rings. The lowest BCUT2D eigenvalue weighted by molar-refractivity contribution is 0.0697. The molecule has 0 saturated heterocycles. The van der Waals surface area contributed by atoms with Crippen LogP contribution in [0.3, 0.4) is 0 Å². The van der Waals surface area contributed by atoms with Gasteiger partial charge in [-0.3, -0.25) is 0 Å². The van der Waals surface area contributed by atoms with Gasteiger partial charge in [0.05, 0.1) is 23.2 Å². The Morgan fingerprint density at radius 3 is 2.67 bits per heavy atom.